The van der Waals surface area contributed by atoms with E-state index in [9.17, 15) is 0 Å². The number of aryl methyl sites for hydroxylation is 2. The number of aromatic nitrogens is 3. The average molecular weight is 636 g/mol. The molecule has 3 aromatic heterocycles. The molecule has 5 heteroatoms. The highest BCUT2D eigenvalue weighted by Gasteiger charge is 2.22. The molecule has 5 aromatic carbocycles. The minimum atomic E-state index is 0.602. The number of nitrogens with zero attached hydrogens (tertiary/aromatic N) is 3. The van der Waals surface area contributed by atoms with Gasteiger partial charge >= 0.3 is 0 Å². The summed E-state index contributed by atoms with van der Waals surface area (Å²) in [5.74, 6) is 1.88. The number of hydrogen-bond donors (Lipinski definition) is 0. The Morgan fingerprint density at radius 1 is 0.673 bits per heavy atom. The van der Waals surface area contributed by atoms with Gasteiger partial charge in [-0.2, -0.15) is 0 Å². The minimum absolute atomic E-state index is 0.602. The van der Waals surface area contributed by atoms with Gasteiger partial charge < -0.3 is 8.83 Å². The molecular weight excluding hydrogens is 603 g/mol. The SMILES string of the molecule is C=C/C=C\CCCc1ccc2oc3ccccc3c2c1-c1nc(-c2ccc3c(c2)CCC=C3)nc(-c2ccc3c(c2)oc2ccccc23)n1. The molecule has 1 aliphatic rings. The van der Waals surface area contributed by atoms with Crippen LogP contribution in [-0.2, 0) is 12.8 Å². The average Bonchev–Trinajstić information content (AvgIpc) is 3.72. The highest BCUT2D eigenvalue weighted by atomic mass is 16.3. The van der Waals surface area contributed by atoms with Gasteiger partial charge in [0.05, 0.1) is 0 Å². The lowest BCUT2D eigenvalue weighted by molar-refractivity contribution is 0.668. The summed E-state index contributed by atoms with van der Waals surface area (Å²) in [5, 5.41) is 4.24. The summed E-state index contributed by atoms with van der Waals surface area (Å²) in [7, 11) is 0. The first-order valence-corrected chi connectivity index (χ1v) is 16.9. The summed E-state index contributed by atoms with van der Waals surface area (Å²) in [5.41, 5.74) is 9.91. The third kappa shape index (κ3) is 5.24. The molecule has 0 fully saturated rings. The lowest BCUT2D eigenvalue weighted by Gasteiger charge is -2.15. The zero-order chi connectivity index (χ0) is 32.7. The molecule has 0 atom stereocenters. The van der Waals surface area contributed by atoms with E-state index in [1.807, 2.05) is 42.5 Å². The van der Waals surface area contributed by atoms with Crippen LogP contribution in [-0.4, -0.2) is 15.0 Å². The van der Waals surface area contributed by atoms with Gasteiger partial charge in [0.25, 0.3) is 0 Å². The van der Waals surface area contributed by atoms with Crippen LogP contribution in [0.3, 0.4) is 0 Å². The van der Waals surface area contributed by atoms with Gasteiger partial charge in [0, 0.05) is 38.2 Å². The van der Waals surface area contributed by atoms with Crippen LogP contribution >= 0.6 is 0 Å². The Labute approximate surface area is 284 Å². The number of furan rings is 2. The van der Waals surface area contributed by atoms with E-state index in [0.717, 1.165) is 92.7 Å². The van der Waals surface area contributed by atoms with Crippen molar-refractivity contribution in [3.8, 4) is 34.2 Å². The number of fused-ring (bicyclic) bond motifs is 7. The van der Waals surface area contributed by atoms with Gasteiger partial charge in [-0.05, 0) is 85.2 Å². The number of allylic oxidation sites excluding steroid dienone is 4. The first-order valence-electron chi connectivity index (χ1n) is 16.9. The second-order valence-corrected chi connectivity index (χ2v) is 12.6. The van der Waals surface area contributed by atoms with Crippen molar-refractivity contribution in [3.05, 3.63) is 145 Å². The molecule has 0 spiro atoms. The minimum Gasteiger partial charge on any atom is -0.456 e. The van der Waals surface area contributed by atoms with Crippen molar-refractivity contribution in [2.75, 3.05) is 0 Å². The van der Waals surface area contributed by atoms with E-state index >= 15 is 0 Å². The third-order valence-electron chi connectivity index (χ3n) is 9.49. The molecule has 49 heavy (non-hydrogen) atoms. The molecule has 8 aromatic rings. The van der Waals surface area contributed by atoms with Crippen molar-refractivity contribution >= 4 is 50.0 Å². The molecule has 0 radical (unpaired) electrons. The Balaban J connectivity index is 1.28. The molecule has 9 rings (SSSR count). The summed E-state index contributed by atoms with van der Waals surface area (Å²) >= 11 is 0. The highest BCUT2D eigenvalue weighted by molar-refractivity contribution is 6.12. The smallest absolute Gasteiger partial charge is 0.165 e. The van der Waals surface area contributed by atoms with Crippen molar-refractivity contribution in [2.24, 2.45) is 0 Å². The van der Waals surface area contributed by atoms with Crippen LogP contribution in [0.2, 0.25) is 0 Å². The van der Waals surface area contributed by atoms with Crippen LogP contribution in [0.5, 0.6) is 0 Å². The summed E-state index contributed by atoms with van der Waals surface area (Å²) in [6, 6.07) is 33.4. The van der Waals surface area contributed by atoms with E-state index in [1.54, 1.807) is 0 Å². The molecule has 0 amide bonds. The molecule has 0 aliphatic heterocycles. The quantitative estimate of drug-likeness (QED) is 0.123. The first kappa shape index (κ1) is 29.1. The Kier molecular flexibility index (Phi) is 7.24. The fourth-order valence-electron chi connectivity index (χ4n) is 7.11. The van der Waals surface area contributed by atoms with Crippen molar-refractivity contribution < 1.29 is 8.83 Å². The first-order chi connectivity index (χ1) is 24.2. The van der Waals surface area contributed by atoms with Gasteiger partial charge in [-0.25, -0.2) is 15.0 Å². The number of benzene rings is 5. The molecule has 3 heterocycles. The zero-order valence-corrected chi connectivity index (χ0v) is 27.0. The molecule has 5 nitrogen and oxygen atoms in total. The topological polar surface area (TPSA) is 65.0 Å². The Morgan fingerprint density at radius 3 is 2.24 bits per heavy atom. The van der Waals surface area contributed by atoms with Gasteiger partial charge in [-0.15, -0.1) is 0 Å². The Hall–Kier alpha value is -6.07. The van der Waals surface area contributed by atoms with Crippen LogP contribution in [0.15, 0.2) is 137 Å². The van der Waals surface area contributed by atoms with E-state index in [-0.39, 0.29) is 0 Å². The van der Waals surface area contributed by atoms with Crippen LogP contribution in [0.4, 0.5) is 0 Å². The van der Waals surface area contributed by atoms with Crippen LogP contribution in [0, 0.1) is 0 Å². The molecule has 0 N–H and O–H groups in total. The van der Waals surface area contributed by atoms with E-state index in [0.29, 0.717) is 17.5 Å². The molecule has 1 aliphatic carbocycles. The summed E-state index contributed by atoms with van der Waals surface area (Å²) < 4.78 is 12.7. The molecule has 0 unspecified atom stereocenters. The summed E-state index contributed by atoms with van der Waals surface area (Å²) in [6.07, 6.45) is 15.2. The molecule has 0 saturated carbocycles. The normalized spacial score (nSPS) is 12.9. The second kappa shape index (κ2) is 12.2. The largest absolute Gasteiger partial charge is 0.456 e. The molecule has 0 saturated heterocycles. The van der Waals surface area contributed by atoms with Gasteiger partial charge in [-0.3, -0.25) is 0 Å². The lowest BCUT2D eigenvalue weighted by atomic mass is 9.95. The maximum Gasteiger partial charge on any atom is 0.165 e. The number of unbranched alkanes of at least 4 members (excludes halogenated alkanes) is 1. The maximum atomic E-state index is 6.38. The Bertz CT molecular complexity index is 2620. The second-order valence-electron chi connectivity index (χ2n) is 12.6. The molecule has 0 bridgehead atoms. The van der Waals surface area contributed by atoms with Gasteiger partial charge in [0.15, 0.2) is 17.5 Å². The standard InChI is InChI=1S/C44H33N3O2/c1-2-3-4-5-6-14-29-23-25-38-41(35-17-10-12-19-37(35)48-38)40(29)44-46-42(31-21-20-28-13-7-8-15-30(28)26-31)45-43(47-44)32-22-24-34-33-16-9-11-18-36(33)49-39(34)27-32/h2-4,7,9-13,16-27H,1,5-6,8,14-15H2/b4-3-. The summed E-state index contributed by atoms with van der Waals surface area (Å²) in [6.45, 7) is 3.82. The predicted molar refractivity (Wildman–Crippen MR) is 200 cm³/mol. The number of hydrogen-bond acceptors (Lipinski definition) is 5. The fourth-order valence-corrected chi connectivity index (χ4v) is 7.11. The van der Waals surface area contributed by atoms with E-state index in [1.165, 1.54) is 16.7 Å². The monoisotopic (exact) mass is 635 g/mol. The summed E-state index contributed by atoms with van der Waals surface area (Å²) in [4.78, 5) is 15.7. The Morgan fingerprint density at radius 2 is 1.39 bits per heavy atom. The van der Waals surface area contributed by atoms with E-state index in [4.69, 9.17) is 23.8 Å². The molecule has 236 valence electrons. The molecular formula is C44H33N3O2. The predicted octanol–water partition coefficient (Wildman–Crippen LogP) is 11.7. The van der Waals surface area contributed by atoms with Crippen molar-refractivity contribution in [1.29, 1.82) is 0 Å². The number of para-hydroxylation sites is 2. The highest BCUT2D eigenvalue weighted by Crippen LogP contribution is 2.40. The van der Waals surface area contributed by atoms with Crippen LogP contribution in [0.25, 0.3) is 84.1 Å². The van der Waals surface area contributed by atoms with Crippen molar-refractivity contribution in [3.63, 3.8) is 0 Å². The van der Waals surface area contributed by atoms with Gasteiger partial charge in [0.1, 0.15) is 22.3 Å². The van der Waals surface area contributed by atoms with Gasteiger partial charge in [0.2, 0.25) is 0 Å². The zero-order valence-electron chi connectivity index (χ0n) is 27.0. The maximum absolute atomic E-state index is 6.38. The van der Waals surface area contributed by atoms with Crippen molar-refractivity contribution in [2.45, 2.75) is 32.1 Å². The van der Waals surface area contributed by atoms with E-state index < -0.39 is 0 Å². The van der Waals surface area contributed by atoms with Gasteiger partial charge in [-0.1, -0.05) is 97.6 Å². The van der Waals surface area contributed by atoms with E-state index in [2.05, 4.69) is 91.5 Å². The fraction of sp³-hybridized carbons (Fsp3) is 0.114. The third-order valence-corrected chi connectivity index (χ3v) is 9.49. The van der Waals surface area contributed by atoms with Crippen LogP contribution in [0.1, 0.15) is 36.0 Å². The lowest BCUT2D eigenvalue weighted by Crippen LogP contribution is -2.03. The van der Waals surface area contributed by atoms with Crippen LogP contribution < -0.4 is 0 Å². The number of rotatable bonds is 8. The van der Waals surface area contributed by atoms with Crippen molar-refractivity contribution in [1.82, 2.24) is 15.0 Å².